The minimum Gasteiger partial charge on any atom is -0.478 e. The molecule has 5 heteroatoms. The van der Waals surface area contributed by atoms with Crippen LogP contribution in [0.2, 0.25) is 0 Å². The summed E-state index contributed by atoms with van der Waals surface area (Å²) in [7, 11) is 0. The lowest BCUT2D eigenvalue weighted by molar-refractivity contribution is -0.209. The van der Waals surface area contributed by atoms with Gasteiger partial charge in [-0.05, 0) is 100 Å². The van der Waals surface area contributed by atoms with E-state index in [1.807, 2.05) is 6.08 Å². The molecule has 5 nitrogen and oxygen atoms in total. The summed E-state index contributed by atoms with van der Waals surface area (Å²) < 4.78 is 6.07. The maximum absolute atomic E-state index is 12.2. The average molecular weight is 435 g/mol. The van der Waals surface area contributed by atoms with Crippen LogP contribution >= 0.6 is 0 Å². The first-order valence-corrected chi connectivity index (χ1v) is 12.5. The number of carboxylic acid groups (broad SMARTS) is 1. The highest BCUT2D eigenvalue weighted by molar-refractivity contribution is 5.85. The van der Waals surface area contributed by atoms with Gasteiger partial charge in [0.05, 0.1) is 11.7 Å². The number of ether oxygens (including phenoxy) is 1. The molecule has 0 aromatic heterocycles. The van der Waals surface area contributed by atoms with E-state index in [4.69, 9.17) is 9.84 Å². The molecule has 0 aromatic rings. The summed E-state index contributed by atoms with van der Waals surface area (Å²) in [6, 6.07) is 0. The molecular weight excluding hydrogens is 392 g/mol. The molecule has 0 heterocycles. The first kappa shape index (κ1) is 23.3. The molecule has 0 bridgehead atoms. The molecule has 31 heavy (non-hydrogen) atoms. The van der Waals surface area contributed by atoms with Crippen LogP contribution in [-0.4, -0.2) is 46.2 Å². The quantitative estimate of drug-likeness (QED) is 0.421. The number of aliphatic carboxylic acids is 1. The highest BCUT2D eigenvalue weighted by atomic mass is 16.5. The van der Waals surface area contributed by atoms with Gasteiger partial charge in [-0.25, -0.2) is 4.79 Å². The van der Waals surface area contributed by atoms with Crippen LogP contribution in [0.5, 0.6) is 0 Å². The number of hydrogen-bond acceptors (Lipinski definition) is 4. The minimum atomic E-state index is -0.848. The van der Waals surface area contributed by atoms with Crippen LogP contribution in [0.1, 0.15) is 85.0 Å². The molecular formula is C26H42O5. The van der Waals surface area contributed by atoms with Crippen molar-refractivity contribution in [2.75, 3.05) is 13.2 Å². The van der Waals surface area contributed by atoms with Crippen molar-refractivity contribution in [3.63, 3.8) is 0 Å². The first-order chi connectivity index (χ1) is 14.7. The minimum absolute atomic E-state index is 0.149. The van der Waals surface area contributed by atoms with Gasteiger partial charge in [0.2, 0.25) is 0 Å². The molecule has 4 rings (SSSR count). The molecule has 4 aliphatic carbocycles. The topological polar surface area (TPSA) is 87.0 Å². The third-order valence-electron chi connectivity index (χ3n) is 10.3. The molecule has 4 fully saturated rings. The maximum Gasteiger partial charge on any atom is 0.330 e. The molecule has 0 saturated heterocycles. The zero-order chi connectivity index (χ0) is 22.4. The highest BCUT2D eigenvalue weighted by Gasteiger charge is 2.66. The van der Waals surface area contributed by atoms with Gasteiger partial charge in [0.15, 0.2) is 0 Å². The van der Waals surface area contributed by atoms with E-state index in [1.54, 1.807) is 6.92 Å². The van der Waals surface area contributed by atoms with Crippen LogP contribution in [0.4, 0.5) is 0 Å². The fraction of sp³-hybridized carbons (Fsp3) is 0.885. The fourth-order valence-corrected chi connectivity index (χ4v) is 8.33. The second-order valence-electron chi connectivity index (χ2n) is 11.5. The normalized spacial score (nSPS) is 47.4. The second-order valence-corrected chi connectivity index (χ2v) is 11.5. The number of fused-ring (bicyclic) bond motifs is 5. The van der Waals surface area contributed by atoms with Crippen LogP contribution in [0.3, 0.4) is 0 Å². The zero-order valence-corrected chi connectivity index (χ0v) is 19.6. The first-order valence-electron chi connectivity index (χ1n) is 12.5. The predicted octanol–water partition coefficient (Wildman–Crippen LogP) is 4.56. The van der Waals surface area contributed by atoms with Crippen LogP contribution in [-0.2, 0) is 9.53 Å². The van der Waals surface area contributed by atoms with E-state index < -0.39 is 11.6 Å². The molecule has 4 aliphatic rings. The van der Waals surface area contributed by atoms with Crippen molar-refractivity contribution in [2.24, 2.45) is 34.5 Å². The maximum atomic E-state index is 12.2. The molecule has 8 atom stereocenters. The Morgan fingerprint density at radius 1 is 1.06 bits per heavy atom. The lowest BCUT2D eigenvalue weighted by Gasteiger charge is -2.63. The van der Waals surface area contributed by atoms with Crippen molar-refractivity contribution >= 4 is 5.97 Å². The second kappa shape index (κ2) is 8.46. The lowest BCUT2D eigenvalue weighted by Crippen LogP contribution is -2.62. The van der Waals surface area contributed by atoms with Gasteiger partial charge in [-0.1, -0.05) is 19.9 Å². The van der Waals surface area contributed by atoms with Crippen LogP contribution in [0, 0.1) is 34.5 Å². The number of hydrogen-bond donors (Lipinski definition) is 3. The summed E-state index contributed by atoms with van der Waals surface area (Å²) in [6.45, 7) is 7.23. The Morgan fingerprint density at radius 3 is 2.55 bits per heavy atom. The average Bonchev–Trinajstić information content (AvgIpc) is 2.99. The summed E-state index contributed by atoms with van der Waals surface area (Å²) in [5.74, 6) is 0.823. The van der Waals surface area contributed by atoms with E-state index in [-0.39, 0.29) is 23.4 Å². The highest BCUT2D eigenvalue weighted by Crippen LogP contribution is 2.69. The smallest absolute Gasteiger partial charge is 0.330 e. The Labute approximate surface area is 187 Å². The van der Waals surface area contributed by atoms with Crippen LogP contribution in [0.25, 0.3) is 0 Å². The van der Waals surface area contributed by atoms with Gasteiger partial charge in [-0.2, -0.15) is 0 Å². The van der Waals surface area contributed by atoms with Gasteiger partial charge >= 0.3 is 5.97 Å². The Kier molecular flexibility index (Phi) is 6.35. The van der Waals surface area contributed by atoms with E-state index in [2.05, 4.69) is 13.8 Å². The summed E-state index contributed by atoms with van der Waals surface area (Å²) in [5, 5.41) is 30.6. The van der Waals surface area contributed by atoms with Gasteiger partial charge < -0.3 is 20.1 Å². The number of rotatable bonds is 6. The standard InChI is InChI=1S/C26H42O5/c1-17(23(28)29)15-19-7-12-26(30)22-6-5-18-16-20(31-14-4-13-27)8-10-24(18,2)21(22)9-11-25(19,26)3/h15,18-22,27,30H,4-14,16H2,1-3H3,(H,28,29)/b17-15+/t18-,19-,20+,21+,22-,24+,25-,26+/m1/s1. The Morgan fingerprint density at radius 2 is 1.84 bits per heavy atom. The molecule has 176 valence electrons. The van der Waals surface area contributed by atoms with E-state index in [1.165, 1.54) is 0 Å². The molecule has 0 amide bonds. The zero-order valence-electron chi connectivity index (χ0n) is 19.6. The van der Waals surface area contributed by atoms with E-state index in [0.29, 0.717) is 42.5 Å². The number of aliphatic hydroxyl groups excluding tert-OH is 1. The third-order valence-corrected chi connectivity index (χ3v) is 10.3. The Hall–Kier alpha value is -0.910. The van der Waals surface area contributed by atoms with Crippen molar-refractivity contribution in [3.8, 4) is 0 Å². The molecule has 3 N–H and O–H groups in total. The van der Waals surface area contributed by atoms with Gasteiger partial charge in [0.25, 0.3) is 0 Å². The fourth-order valence-electron chi connectivity index (χ4n) is 8.33. The Balaban J connectivity index is 1.52. The molecule has 0 radical (unpaired) electrons. The monoisotopic (exact) mass is 434 g/mol. The summed E-state index contributed by atoms with van der Waals surface area (Å²) in [5.41, 5.74) is -0.230. The van der Waals surface area contributed by atoms with Crippen molar-refractivity contribution in [1.29, 1.82) is 0 Å². The lowest BCUT2D eigenvalue weighted by atomic mass is 9.43. The van der Waals surface area contributed by atoms with Crippen molar-refractivity contribution in [2.45, 2.75) is 96.7 Å². The SMILES string of the molecule is C/C(=C\[C@H]1CC[C@]2(O)[C@@H]3CC[C@@H]4C[C@@H](OCCCO)CC[C@]4(C)[C@H]3CC[C@]12C)C(=O)O. The summed E-state index contributed by atoms with van der Waals surface area (Å²) in [4.78, 5) is 11.4. The number of allylic oxidation sites excluding steroid dienone is 1. The van der Waals surface area contributed by atoms with Crippen molar-refractivity contribution in [3.05, 3.63) is 11.6 Å². The van der Waals surface area contributed by atoms with Gasteiger partial charge in [-0.15, -0.1) is 0 Å². The number of carbonyl (C=O) groups is 1. The van der Waals surface area contributed by atoms with Crippen LogP contribution in [0.15, 0.2) is 11.6 Å². The predicted molar refractivity (Wildman–Crippen MR) is 120 cm³/mol. The van der Waals surface area contributed by atoms with Crippen molar-refractivity contribution < 1.29 is 24.9 Å². The molecule has 0 spiro atoms. The molecule has 4 saturated carbocycles. The molecule has 0 unspecified atom stereocenters. The van der Waals surface area contributed by atoms with Gasteiger partial charge in [0, 0.05) is 24.2 Å². The third kappa shape index (κ3) is 3.69. The number of aliphatic hydroxyl groups is 2. The van der Waals surface area contributed by atoms with Gasteiger partial charge in [0.1, 0.15) is 0 Å². The van der Waals surface area contributed by atoms with E-state index >= 15 is 0 Å². The molecule has 0 aromatic carbocycles. The van der Waals surface area contributed by atoms with Gasteiger partial charge in [-0.3, -0.25) is 0 Å². The summed E-state index contributed by atoms with van der Waals surface area (Å²) in [6.07, 6.45) is 12.4. The van der Waals surface area contributed by atoms with E-state index in [0.717, 1.165) is 57.8 Å². The molecule has 0 aliphatic heterocycles. The Bertz CT molecular complexity index is 719. The van der Waals surface area contributed by atoms with E-state index in [9.17, 15) is 15.0 Å². The number of carboxylic acids is 1. The summed E-state index contributed by atoms with van der Waals surface area (Å²) >= 11 is 0. The van der Waals surface area contributed by atoms with Crippen molar-refractivity contribution in [1.82, 2.24) is 0 Å². The largest absolute Gasteiger partial charge is 0.478 e. The van der Waals surface area contributed by atoms with Crippen LogP contribution < -0.4 is 0 Å².